The largest absolute Gasteiger partial charge is 0.453 e. The van der Waals surface area contributed by atoms with Gasteiger partial charge in [0.2, 0.25) is 5.13 Å². The summed E-state index contributed by atoms with van der Waals surface area (Å²) >= 11 is 1.36. The number of rotatable bonds is 6. The maximum atomic E-state index is 12.0. The molecule has 0 spiro atoms. The van der Waals surface area contributed by atoms with Gasteiger partial charge in [-0.3, -0.25) is 10.1 Å². The fraction of sp³-hybridized carbons (Fsp3) is 0.462. The number of furan rings is 1. The summed E-state index contributed by atoms with van der Waals surface area (Å²) in [4.78, 5) is 12.0. The summed E-state index contributed by atoms with van der Waals surface area (Å²) in [6, 6.07) is 3.35. The lowest BCUT2D eigenvalue weighted by atomic mass is 10.4. The predicted molar refractivity (Wildman–Crippen MR) is 75.9 cm³/mol. The highest BCUT2D eigenvalue weighted by Gasteiger charge is 2.14. The van der Waals surface area contributed by atoms with Crippen LogP contribution < -0.4 is 5.32 Å². The molecule has 0 aliphatic carbocycles. The number of hydrogen-bond donors (Lipinski definition) is 1. The summed E-state index contributed by atoms with van der Waals surface area (Å²) in [5.41, 5.74) is 0. The van der Waals surface area contributed by atoms with Crippen LogP contribution in [0.4, 0.5) is 5.13 Å². The normalized spacial score (nSPS) is 11.0. The summed E-state index contributed by atoms with van der Waals surface area (Å²) < 4.78 is 10.8. The van der Waals surface area contributed by atoms with E-state index in [1.165, 1.54) is 11.3 Å². The SMILES string of the molecule is CCc1nnc(NC(=O)c2ccc(COC(C)C)o2)s1. The Morgan fingerprint density at radius 2 is 2.25 bits per heavy atom. The first-order valence-corrected chi connectivity index (χ1v) is 7.24. The topological polar surface area (TPSA) is 77.2 Å². The summed E-state index contributed by atoms with van der Waals surface area (Å²) in [6.07, 6.45) is 0.913. The van der Waals surface area contributed by atoms with E-state index in [9.17, 15) is 4.79 Å². The third-order valence-electron chi connectivity index (χ3n) is 2.43. The number of aryl methyl sites for hydroxylation is 1. The number of ether oxygens (including phenoxy) is 1. The Bertz CT molecular complexity index is 577. The molecule has 2 rings (SSSR count). The van der Waals surface area contributed by atoms with E-state index in [4.69, 9.17) is 9.15 Å². The molecule has 0 saturated heterocycles. The van der Waals surface area contributed by atoms with E-state index in [0.717, 1.165) is 11.4 Å². The molecule has 0 aromatic carbocycles. The van der Waals surface area contributed by atoms with Crippen molar-refractivity contribution < 1.29 is 13.9 Å². The lowest BCUT2D eigenvalue weighted by Gasteiger charge is -2.04. The van der Waals surface area contributed by atoms with Crippen LogP contribution in [0.5, 0.6) is 0 Å². The van der Waals surface area contributed by atoms with Gasteiger partial charge in [0.15, 0.2) is 5.76 Å². The Morgan fingerprint density at radius 1 is 1.45 bits per heavy atom. The first-order valence-electron chi connectivity index (χ1n) is 6.42. The second-order valence-corrected chi connectivity index (χ2v) is 5.50. The van der Waals surface area contributed by atoms with Gasteiger partial charge in [-0.1, -0.05) is 18.3 Å². The molecule has 0 fully saturated rings. The average Bonchev–Trinajstić information content (AvgIpc) is 3.04. The van der Waals surface area contributed by atoms with Gasteiger partial charge in [0.25, 0.3) is 5.91 Å². The number of aromatic nitrogens is 2. The maximum Gasteiger partial charge on any atom is 0.293 e. The van der Waals surface area contributed by atoms with Crippen LogP contribution in [0.3, 0.4) is 0 Å². The zero-order chi connectivity index (χ0) is 14.5. The van der Waals surface area contributed by atoms with Gasteiger partial charge >= 0.3 is 0 Å². The highest BCUT2D eigenvalue weighted by atomic mass is 32.1. The Hall–Kier alpha value is -1.73. The molecule has 0 unspecified atom stereocenters. The number of carbonyl (C=O) groups is 1. The Kier molecular flexibility index (Phi) is 4.86. The van der Waals surface area contributed by atoms with Crippen LogP contribution in [0, 0.1) is 0 Å². The fourth-order valence-electron chi connectivity index (χ4n) is 1.43. The molecular formula is C13H17N3O3S. The van der Waals surface area contributed by atoms with E-state index in [2.05, 4.69) is 15.5 Å². The van der Waals surface area contributed by atoms with Crippen LogP contribution in [-0.4, -0.2) is 22.2 Å². The molecule has 7 heteroatoms. The van der Waals surface area contributed by atoms with E-state index < -0.39 is 0 Å². The first kappa shape index (κ1) is 14.7. The minimum absolute atomic E-state index is 0.117. The minimum atomic E-state index is -0.334. The van der Waals surface area contributed by atoms with Crippen LogP contribution >= 0.6 is 11.3 Å². The third kappa shape index (κ3) is 3.88. The van der Waals surface area contributed by atoms with Gasteiger partial charge in [-0.25, -0.2) is 0 Å². The van der Waals surface area contributed by atoms with Crippen molar-refractivity contribution in [1.29, 1.82) is 0 Å². The Labute approximate surface area is 121 Å². The number of anilines is 1. The van der Waals surface area contributed by atoms with Crippen LogP contribution in [0.25, 0.3) is 0 Å². The quantitative estimate of drug-likeness (QED) is 0.886. The monoisotopic (exact) mass is 295 g/mol. The molecule has 2 aromatic heterocycles. The summed E-state index contributed by atoms with van der Waals surface area (Å²) in [5, 5.41) is 11.8. The van der Waals surface area contributed by atoms with Gasteiger partial charge in [0, 0.05) is 0 Å². The van der Waals surface area contributed by atoms with Crippen molar-refractivity contribution in [1.82, 2.24) is 10.2 Å². The Balaban J connectivity index is 1.95. The van der Waals surface area contributed by atoms with Gasteiger partial charge < -0.3 is 9.15 Å². The molecule has 0 bridgehead atoms. The van der Waals surface area contributed by atoms with Crippen LogP contribution in [-0.2, 0) is 17.8 Å². The molecule has 20 heavy (non-hydrogen) atoms. The second kappa shape index (κ2) is 6.62. The lowest BCUT2D eigenvalue weighted by molar-refractivity contribution is 0.0537. The number of nitrogens with zero attached hydrogens (tertiary/aromatic N) is 2. The molecule has 2 heterocycles. The maximum absolute atomic E-state index is 12.0. The van der Waals surface area contributed by atoms with Crippen molar-refractivity contribution in [2.75, 3.05) is 5.32 Å². The molecule has 1 amide bonds. The highest BCUT2D eigenvalue weighted by molar-refractivity contribution is 7.15. The third-order valence-corrected chi connectivity index (χ3v) is 3.42. The molecule has 108 valence electrons. The van der Waals surface area contributed by atoms with E-state index in [1.807, 2.05) is 20.8 Å². The Morgan fingerprint density at radius 3 is 2.90 bits per heavy atom. The van der Waals surface area contributed by atoms with Gasteiger partial charge in [-0.15, -0.1) is 10.2 Å². The molecule has 6 nitrogen and oxygen atoms in total. The second-order valence-electron chi connectivity index (χ2n) is 4.43. The zero-order valence-electron chi connectivity index (χ0n) is 11.7. The fourth-order valence-corrected chi connectivity index (χ4v) is 2.11. The molecular weight excluding hydrogens is 278 g/mol. The van der Waals surface area contributed by atoms with Crippen LogP contribution in [0.1, 0.15) is 42.1 Å². The van der Waals surface area contributed by atoms with E-state index in [0.29, 0.717) is 17.5 Å². The van der Waals surface area contributed by atoms with Crippen molar-refractivity contribution in [3.8, 4) is 0 Å². The number of nitrogens with one attached hydrogen (secondary N) is 1. The molecule has 2 aromatic rings. The van der Waals surface area contributed by atoms with Gasteiger partial charge in [-0.05, 0) is 32.4 Å². The van der Waals surface area contributed by atoms with Gasteiger partial charge in [-0.2, -0.15) is 0 Å². The summed E-state index contributed by atoms with van der Waals surface area (Å²) in [6.45, 7) is 6.22. The minimum Gasteiger partial charge on any atom is -0.453 e. The molecule has 0 aliphatic heterocycles. The standard InChI is InChI=1S/C13H17N3O3S/c1-4-11-15-16-13(20-11)14-12(17)10-6-5-9(19-10)7-18-8(2)3/h5-6,8H,4,7H2,1-3H3,(H,14,16,17). The molecule has 0 radical (unpaired) electrons. The first-order chi connectivity index (χ1) is 9.58. The van der Waals surface area contributed by atoms with Crippen molar-refractivity contribution in [3.63, 3.8) is 0 Å². The summed E-state index contributed by atoms with van der Waals surface area (Å²) in [5.74, 6) is 0.524. The molecule has 1 N–H and O–H groups in total. The van der Waals surface area contributed by atoms with E-state index >= 15 is 0 Å². The molecule has 0 atom stereocenters. The van der Waals surface area contributed by atoms with Crippen LogP contribution in [0.15, 0.2) is 16.5 Å². The van der Waals surface area contributed by atoms with Crippen molar-refractivity contribution in [2.45, 2.75) is 39.9 Å². The van der Waals surface area contributed by atoms with Crippen molar-refractivity contribution >= 4 is 22.4 Å². The van der Waals surface area contributed by atoms with Crippen molar-refractivity contribution in [2.24, 2.45) is 0 Å². The van der Waals surface area contributed by atoms with E-state index in [1.54, 1.807) is 12.1 Å². The number of hydrogen-bond acceptors (Lipinski definition) is 6. The number of amides is 1. The molecule has 0 aliphatic rings. The van der Waals surface area contributed by atoms with Crippen LogP contribution in [0.2, 0.25) is 0 Å². The smallest absolute Gasteiger partial charge is 0.293 e. The highest BCUT2D eigenvalue weighted by Crippen LogP contribution is 2.17. The lowest BCUT2D eigenvalue weighted by Crippen LogP contribution is -2.10. The van der Waals surface area contributed by atoms with Gasteiger partial charge in [0.1, 0.15) is 17.4 Å². The van der Waals surface area contributed by atoms with E-state index in [-0.39, 0.29) is 17.8 Å². The molecule has 0 saturated carbocycles. The van der Waals surface area contributed by atoms with Crippen molar-refractivity contribution in [3.05, 3.63) is 28.7 Å². The summed E-state index contributed by atoms with van der Waals surface area (Å²) in [7, 11) is 0. The average molecular weight is 295 g/mol. The predicted octanol–water partition coefficient (Wildman–Crippen LogP) is 2.87. The zero-order valence-corrected chi connectivity index (χ0v) is 12.5. The number of carbonyl (C=O) groups excluding carboxylic acids is 1. The van der Waals surface area contributed by atoms with Gasteiger partial charge in [0.05, 0.1) is 6.10 Å².